The van der Waals surface area contributed by atoms with Gasteiger partial charge in [0.2, 0.25) is 0 Å². The molecular formula is C14H23ClN2. The van der Waals surface area contributed by atoms with Crippen LogP contribution in [0.4, 0.5) is 0 Å². The number of rotatable bonds is 7. The summed E-state index contributed by atoms with van der Waals surface area (Å²) in [7, 11) is 0. The van der Waals surface area contributed by atoms with E-state index in [-0.39, 0.29) is 0 Å². The highest BCUT2D eigenvalue weighted by Crippen LogP contribution is 2.20. The Morgan fingerprint density at radius 2 is 2.06 bits per heavy atom. The van der Waals surface area contributed by atoms with E-state index in [9.17, 15) is 0 Å². The summed E-state index contributed by atoms with van der Waals surface area (Å²) in [4.78, 5) is 4.40. The molecule has 17 heavy (non-hydrogen) atoms. The van der Waals surface area contributed by atoms with Crippen molar-refractivity contribution in [2.45, 2.75) is 46.1 Å². The highest BCUT2D eigenvalue weighted by Gasteiger charge is 2.11. The fourth-order valence-electron chi connectivity index (χ4n) is 1.92. The van der Waals surface area contributed by atoms with Gasteiger partial charge in [-0.3, -0.25) is 4.98 Å². The maximum absolute atomic E-state index is 5.86. The third-order valence-corrected chi connectivity index (χ3v) is 3.06. The molecule has 0 saturated heterocycles. The van der Waals surface area contributed by atoms with E-state index >= 15 is 0 Å². The Morgan fingerprint density at radius 3 is 2.59 bits per heavy atom. The lowest BCUT2D eigenvalue weighted by Gasteiger charge is -2.17. The molecule has 0 aliphatic carbocycles. The Hall–Kier alpha value is -0.600. The van der Waals surface area contributed by atoms with Gasteiger partial charge in [-0.1, -0.05) is 45.2 Å². The van der Waals surface area contributed by atoms with Gasteiger partial charge in [-0.25, -0.2) is 0 Å². The fourth-order valence-corrected chi connectivity index (χ4v) is 2.04. The Labute approximate surface area is 110 Å². The lowest BCUT2D eigenvalue weighted by Crippen LogP contribution is -2.21. The van der Waals surface area contributed by atoms with Gasteiger partial charge in [0, 0.05) is 12.2 Å². The summed E-state index contributed by atoms with van der Waals surface area (Å²) in [5, 5.41) is 4.19. The van der Waals surface area contributed by atoms with Crippen LogP contribution in [-0.2, 0) is 0 Å². The summed E-state index contributed by atoms with van der Waals surface area (Å²) in [6, 6.07) is 4.29. The highest BCUT2D eigenvalue weighted by atomic mass is 35.5. The molecule has 0 aliphatic rings. The van der Waals surface area contributed by atoms with Crippen LogP contribution in [0.1, 0.15) is 51.8 Å². The molecule has 0 amide bonds. The Morgan fingerprint density at radius 1 is 1.29 bits per heavy atom. The van der Waals surface area contributed by atoms with E-state index in [1.54, 1.807) is 6.20 Å². The summed E-state index contributed by atoms with van der Waals surface area (Å²) in [5.74, 6) is 0.774. The van der Waals surface area contributed by atoms with Gasteiger partial charge in [0.1, 0.15) is 0 Å². The molecular weight excluding hydrogens is 232 g/mol. The van der Waals surface area contributed by atoms with Gasteiger partial charge in [0.05, 0.1) is 10.7 Å². The van der Waals surface area contributed by atoms with E-state index in [1.165, 1.54) is 12.8 Å². The number of hydrogen-bond acceptors (Lipinski definition) is 2. The molecule has 1 heterocycles. The molecule has 3 heteroatoms. The predicted molar refractivity (Wildman–Crippen MR) is 74.4 cm³/mol. The zero-order chi connectivity index (χ0) is 12.7. The van der Waals surface area contributed by atoms with Crippen molar-refractivity contribution in [2.24, 2.45) is 5.92 Å². The molecule has 0 aliphatic heterocycles. The maximum Gasteiger partial charge on any atom is 0.0589 e. The average Bonchev–Trinajstić information content (AvgIpc) is 2.29. The molecule has 96 valence electrons. The van der Waals surface area contributed by atoms with Crippen molar-refractivity contribution in [1.82, 2.24) is 10.3 Å². The van der Waals surface area contributed by atoms with Gasteiger partial charge in [-0.05, 0) is 31.0 Å². The van der Waals surface area contributed by atoms with Crippen LogP contribution in [0.2, 0.25) is 5.02 Å². The Kier molecular flexibility index (Phi) is 6.53. The quantitative estimate of drug-likeness (QED) is 0.788. The third kappa shape index (κ3) is 5.51. The topological polar surface area (TPSA) is 24.9 Å². The van der Waals surface area contributed by atoms with Crippen molar-refractivity contribution < 1.29 is 0 Å². The van der Waals surface area contributed by atoms with Crippen molar-refractivity contribution in [3.05, 3.63) is 29.0 Å². The molecule has 1 unspecified atom stereocenters. The minimum Gasteiger partial charge on any atom is -0.309 e. The second kappa shape index (κ2) is 7.67. The van der Waals surface area contributed by atoms with Crippen molar-refractivity contribution in [3.63, 3.8) is 0 Å². The first-order valence-electron chi connectivity index (χ1n) is 6.48. The second-order valence-corrected chi connectivity index (χ2v) is 5.27. The van der Waals surface area contributed by atoms with Crippen LogP contribution in [0.25, 0.3) is 0 Å². The van der Waals surface area contributed by atoms with Crippen molar-refractivity contribution >= 4 is 11.6 Å². The number of nitrogens with one attached hydrogen (secondary N) is 1. The van der Waals surface area contributed by atoms with Gasteiger partial charge in [0.15, 0.2) is 0 Å². The Balaban J connectivity index is 2.55. The smallest absolute Gasteiger partial charge is 0.0589 e. The molecule has 0 spiro atoms. The Bertz CT molecular complexity index is 309. The minimum atomic E-state index is 0.357. The molecule has 0 bridgehead atoms. The van der Waals surface area contributed by atoms with Crippen molar-refractivity contribution in [3.8, 4) is 0 Å². The van der Waals surface area contributed by atoms with Crippen LogP contribution in [0.3, 0.4) is 0 Å². The number of pyridine rings is 1. The lowest BCUT2D eigenvalue weighted by atomic mass is 10.0. The monoisotopic (exact) mass is 254 g/mol. The number of halogens is 1. The molecule has 1 rings (SSSR count). The van der Waals surface area contributed by atoms with Crippen LogP contribution in [0.15, 0.2) is 18.3 Å². The molecule has 1 aromatic heterocycles. The molecule has 1 N–H and O–H groups in total. The van der Waals surface area contributed by atoms with Crippen LogP contribution in [0.5, 0.6) is 0 Å². The normalized spacial score (nSPS) is 13.0. The van der Waals surface area contributed by atoms with E-state index in [4.69, 9.17) is 11.6 Å². The largest absolute Gasteiger partial charge is 0.309 e. The summed E-state index contributed by atoms with van der Waals surface area (Å²) in [6.45, 7) is 7.63. The number of aromatic nitrogens is 1. The second-order valence-electron chi connectivity index (χ2n) is 4.84. The molecule has 0 aromatic carbocycles. The summed E-state index contributed by atoms with van der Waals surface area (Å²) in [6.07, 6.45) is 5.37. The zero-order valence-corrected chi connectivity index (χ0v) is 11.8. The summed E-state index contributed by atoms with van der Waals surface area (Å²) >= 11 is 5.86. The predicted octanol–water partition coefficient (Wildman–Crippen LogP) is 4.21. The van der Waals surface area contributed by atoms with Crippen LogP contribution in [-0.4, -0.2) is 11.5 Å². The number of nitrogens with zero attached hydrogens (tertiary/aromatic N) is 1. The molecule has 2 nitrogen and oxygen atoms in total. The maximum atomic E-state index is 5.86. The van der Waals surface area contributed by atoms with E-state index < -0.39 is 0 Å². The van der Waals surface area contributed by atoms with Crippen LogP contribution >= 0.6 is 11.6 Å². The van der Waals surface area contributed by atoms with Gasteiger partial charge >= 0.3 is 0 Å². The summed E-state index contributed by atoms with van der Waals surface area (Å²) in [5.41, 5.74) is 1.10. The van der Waals surface area contributed by atoms with Gasteiger partial charge < -0.3 is 5.32 Å². The minimum absolute atomic E-state index is 0.357. The molecule has 1 aromatic rings. The van der Waals surface area contributed by atoms with Gasteiger partial charge in [-0.2, -0.15) is 0 Å². The van der Waals surface area contributed by atoms with E-state index in [2.05, 4.69) is 31.1 Å². The fraction of sp³-hybridized carbons (Fsp3) is 0.643. The highest BCUT2D eigenvalue weighted by molar-refractivity contribution is 6.30. The van der Waals surface area contributed by atoms with E-state index in [1.807, 2.05) is 12.1 Å². The molecule has 0 fully saturated rings. The lowest BCUT2D eigenvalue weighted by molar-refractivity contribution is 0.449. The molecule has 1 atom stereocenters. The average molecular weight is 255 g/mol. The molecule has 0 saturated carbocycles. The summed E-state index contributed by atoms with van der Waals surface area (Å²) < 4.78 is 0. The number of hydrogen-bond donors (Lipinski definition) is 1. The van der Waals surface area contributed by atoms with E-state index in [0.717, 1.165) is 24.6 Å². The van der Waals surface area contributed by atoms with Crippen molar-refractivity contribution in [2.75, 3.05) is 6.54 Å². The van der Waals surface area contributed by atoms with E-state index in [0.29, 0.717) is 11.1 Å². The van der Waals surface area contributed by atoms with Crippen LogP contribution in [0, 0.1) is 5.92 Å². The standard InChI is InChI=1S/C14H23ClN2/c1-4-16-13(7-5-6-11(2)3)14-9-8-12(15)10-17-14/h8-11,13,16H,4-7H2,1-3H3. The molecule has 0 radical (unpaired) electrons. The van der Waals surface area contributed by atoms with Gasteiger partial charge in [0.25, 0.3) is 0 Å². The van der Waals surface area contributed by atoms with Crippen molar-refractivity contribution in [1.29, 1.82) is 0 Å². The first-order chi connectivity index (χ1) is 8.13. The van der Waals surface area contributed by atoms with Gasteiger partial charge in [-0.15, -0.1) is 0 Å². The first kappa shape index (κ1) is 14.5. The third-order valence-electron chi connectivity index (χ3n) is 2.83. The SMILES string of the molecule is CCNC(CCCC(C)C)c1ccc(Cl)cn1. The zero-order valence-electron chi connectivity index (χ0n) is 11.0. The van der Waals surface area contributed by atoms with Crippen LogP contribution < -0.4 is 5.32 Å². The first-order valence-corrected chi connectivity index (χ1v) is 6.86.